The molecule has 0 radical (unpaired) electrons. The van der Waals surface area contributed by atoms with E-state index in [1.165, 1.54) is 11.8 Å². The van der Waals surface area contributed by atoms with E-state index < -0.39 is 0 Å². The Labute approximate surface area is 141 Å². The van der Waals surface area contributed by atoms with Crippen LogP contribution in [0.3, 0.4) is 0 Å². The first kappa shape index (κ1) is 15.2. The fourth-order valence-electron chi connectivity index (χ4n) is 2.40. The topological polar surface area (TPSA) is 29.5 Å². The molecule has 110 valence electrons. The standard InChI is InChI=1S/C15H14BrNO2S2/c16-11-4-1-3-10(7-11)8-13-14(18)17(15(20)21-13)9-12-5-2-6-19-12/h1,3-4,7-8,12H,2,5-6,9H2/b13-8+. The zero-order valence-corrected chi connectivity index (χ0v) is 14.5. The van der Waals surface area contributed by atoms with Crippen molar-refractivity contribution in [1.29, 1.82) is 0 Å². The normalized spacial score (nSPS) is 24.3. The Morgan fingerprint density at radius 1 is 1.52 bits per heavy atom. The highest BCUT2D eigenvalue weighted by molar-refractivity contribution is 9.10. The van der Waals surface area contributed by atoms with Gasteiger partial charge in [-0.15, -0.1) is 0 Å². The van der Waals surface area contributed by atoms with Gasteiger partial charge in [-0.05, 0) is 36.6 Å². The van der Waals surface area contributed by atoms with Crippen molar-refractivity contribution < 1.29 is 9.53 Å². The Morgan fingerprint density at radius 3 is 3.10 bits per heavy atom. The molecule has 0 aromatic heterocycles. The smallest absolute Gasteiger partial charge is 0.266 e. The van der Waals surface area contributed by atoms with Crippen LogP contribution in [0, 0.1) is 0 Å². The van der Waals surface area contributed by atoms with Crippen LogP contribution >= 0.6 is 39.9 Å². The zero-order valence-electron chi connectivity index (χ0n) is 11.3. The monoisotopic (exact) mass is 383 g/mol. The Morgan fingerprint density at radius 2 is 2.38 bits per heavy atom. The molecule has 0 N–H and O–H groups in total. The van der Waals surface area contributed by atoms with Gasteiger partial charge in [-0.3, -0.25) is 9.69 Å². The number of halogens is 1. The van der Waals surface area contributed by atoms with Crippen molar-refractivity contribution in [3.05, 3.63) is 39.2 Å². The van der Waals surface area contributed by atoms with Gasteiger partial charge in [0.05, 0.1) is 17.6 Å². The number of amides is 1. The van der Waals surface area contributed by atoms with E-state index in [0.717, 1.165) is 29.5 Å². The van der Waals surface area contributed by atoms with Crippen molar-refractivity contribution >= 4 is 56.2 Å². The molecule has 1 unspecified atom stereocenters. The third kappa shape index (κ3) is 3.56. The molecule has 2 heterocycles. The van der Waals surface area contributed by atoms with E-state index in [4.69, 9.17) is 17.0 Å². The van der Waals surface area contributed by atoms with E-state index in [9.17, 15) is 4.79 Å². The third-order valence-electron chi connectivity index (χ3n) is 3.43. The number of carbonyl (C=O) groups excluding carboxylic acids is 1. The summed E-state index contributed by atoms with van der Waals surface area (Å²) in [5, 5.41) is 0. The molecule has 1 amide bonds. The van der Waals surface area contributed by atoms with Crippen LogP contribution in [0.2, 0.25) is 0 Å². The summed E-state index contributed by atoms with van der Waals surface area (Å²) in [5.74, 6) is -0.0134. The van der Waals surface area contributed by atoms with Gasteiger partial charge in [0, 0.05) is 11.1 Å². The van der Waals surface area contributed by atoms with Gasteiger partial charge in [0.15, 0.2) is 0 Å². The van der Waals surface area contributed by atoms with Crippen molar-refractivity contribution in [3.8, 4) is 0 Å². The molecule has 3 nitrogen and oxygen atoms in total. The molecule has 0 bridgehead atoms. The molecule has 2 saturated heterocycles. The molecular weight excluding hydrogens is 370 g/mol. The minimum absolute atomic E-state index is 0.0134. The molecule has 1 atom stereocenters. The second-order valence-electron chi connectivity index (χ2n) is 4.98. The van der Waals surface area contributed by atoms with Gasteiger partial charge in [-0.25, -0.2) is 0 Å². The number of hydrogen-bond acceptors (Lipinski definition) is 4. The second kappa shape index (κ2) is 6.60. The maximum Gasteiger partial charge on any atom is 0.266 e. The molecule has 0 spiro atoms. The summed E-state index contributed by atoms with van der Waals surface area (Å²) in [6, 6.07) is 7.85. The number of ether oxygens (including phenoxy) is 1. The summed E-state index contributed by atoms with van der Waals surface area (Å²) in [7, 11) is 0. The van der Waals surface area contributed by atoms with Crippen molar-refractivity contribution in [2.45, 2.75) is 18.9 Å². The highest BCUT2D eigenvalue weighted by Crippen LogP contribution is 2.33. The average Bonchev–Trinajstić information content (AvgIpc) is 3.04. The highest BCUT2D eigenvalue weighted by atomic mass is 79.9. The third-order valence-corrected chi connectivity index (χ3v) is 5.30. The molecule has 0 saturated carbocycles. The molecule has 0 aliphatic carbocycles. The number of nitrogens with zero attached hydrogens (tertiary/aromatic N) is 1. The summed E-state index contributed by atoms with van der Waals surface area (Å²) < 4.78 is 7.21. The van der Waals surface area contributed by atoms with Gasteiger partial charge < -0.3 is 4.74 Å². The second-order valence-corrected chi connectivity index (χ2v) is 7.57. The average molecular weight is 384 g/mol. The van der Waals surface area contributed by atoms with E-state index in [-0.39, 0.29) is 12.0 Å². The fourth-order valence-corrected chi connectivity index (χ4v) is 4.09. The Kier molecular flexibility index (Phi) is 4.78. The van der Waals surface area contributed by atoms with E-state index in [1.807, 2.05) is 30.3 Å². The molecule has 21 heavy (non-hydrogen) atoms. The minimum atomic E-state index is -0.0134. The zero-order chi connectivity index (χ0) is 14.8. The highest BCUT2D eigenvalue weighted by Gasteiger charge is 2.34. The number of thiocarbonyl (C=S) groups is 1. The maximum atomic E-state index is 12.5. The van der Waals surface area contributed by atoms with E-state index >= 15 is 0 Å². The summed E-state index contributed by atoms with van der Waals surface area (Å²) >= 11 is 10.1. The lowest BCUT2D eigenvalue weighted by Gasteiger charge is -2.18. The summed E-state index contributed by atoms with van der Waals surface area (Å²) in [6.45, 7) is 1.35. The van der Waals surface area contributed by atoms with Crippen LogP contribution < -0.4 is 0 Å². The largest absolute Gasteiger partial charge is 0.376 e. The van der Waals surface area contributed by atoms with Crippen molar-refractivity contribution in [2.24, 2.45) is 0 Å². The van der Waals surface area contributed by atoms with Gasteiger partial charge in [-0.2, -0.15) is 0 Å². The van der Waals surface area contributed by atoms with Crippen LogP contribution in [0.15, 0.2) is 33.6 Å². The van der Waals surface area contributed by atoms with Crippen molar-refractivity contribution in [1.82, 2.24) is 4.90 Å². The lowest BCUT2D eigenvalue weighted by molar-refractivity contribution is -0.123. The van der Waals surface area contributed by atoms with Gasteiger partial charge in [-0.1, -0.05) is 52.0 Å². The van der Waals surface area contributed by atoms with Gasteiger partial charge in [0.1, 0.15) is 4.32 Å². The predicted molar refractivity (Wildman–Crippen MR) is 93.0 cm³/mol. The predicted octanol–water partition coefficient (Wildman–Crippen LogP) is 3.83. The van der Waals surface area contributed by atoms with Crippen LogP contribution in [0.25, 0.3) is 6.08 Å². The molecule has 2 fully saturated rings. The molecule has 2 aliphatic rings. The molecule has 1 aromatic carbocycles. The van der Waals surface area contributed by atoms with Crippen LogP contribution in [0.1, 0.15) is 18.4 Å². The minimum Gasteiger partial charge on any atom is -0.376 e. The number of thioether (sulfide) groups is 1. The van der Waals surface area contributed by atoms with E-state index in [0.29, 0.717) is 15.8 Å². The summed E-state index contributed by atoms with van der Waals surface area (Å²) in [5.41, 5.74) is 0.988. The van der Waals surface area contributed by atoms with Crippen LogP contribution in [-0.2, 0) is 9.53 Å². The maximum absolute atomic E-state index is 12.5. The molecule has 3 rings (SSSR count). The van der Waals surface area contributed by atoms with Gasteiger partial charge >= 0.3 is 0 Å². The van der Waals surface area contributed by atoms with E-state index in [1.54, 1.807) is 4.90 Å². The van der Waals surface area contributed by atoms with Crippen LogP contribution in [-0.4, -0.2) is 34.4 Å². The SMILES string of the molecule is O=C1/C(=C\c2cccc(Br)c2)SC(=S)N1CC1CCCO1. The summed E-state index contributed by atoms with van der Waals surface area (Å²) in [6.07, 6.45) is 4.08. The number of benzene rings is 1. The Hall–Kier alpha value is -0.690. The summed E-state index contributed by atoms with van der Waals surface area (Å²) in [4.78, 5) is 14.8. The van der Waals surface area contributed by atoms with Gasteiger partial charge in [0.25, 0.3) is 5.91 Å². The van der Waals surface area contributed by atoms with Crippen molar-refractivity contribution in [3.63, 3.8) is 0 Å². The first-order chi connectivity index (χ1) is 10.1. The quantitative estimate of drug-likeness (QED) is 0.585. The molecule has 1 aromatic rings. The first-order valence-corrected chi connectivity index (χ1v) is 8.78. The van der Waals surface area contributed by atoms with Crippen molar-refractivity contribution in [2.75, 3.05) is 13.2 Å². The Bertz CT molecular complexity index is 611. The van der Waals surface area contributed by atoms with Gasteiger partial charge in [0.2, 0.25) is 0 Å². The van der Waals surface area contributed by atoms with E-state index in [2.05, 4.69) is 15.9 Å². The Balaban J connectivity index is 1.76. The lowest BCUT2D eigenvalue weighted by atomic mass is 10.2. The fraction of sp³-hybridized carbons (Fsp3) is 0.333. The van der Waals surface area contributed by atoms with Crippen LogP contribution in [0.5, 0.6) is 0 Å². The number of carbonyl (C=O) groups is 1. The molecule has 2 aliphatic heterocycles. The number of rotatable bonds is 3. The number of hydrogen-bond donors (Lipinski definition) is 0. The first-order valence-electron chi connectivity index (χ1n) is 6.76. The molecule has 6 heteroatoms. The van der Waals surface area contributed by atoms with Crippen LogP contribution in [0.4, 0.5) is 0 Å². The lowest BCUT2D eigenvalue weighted by Crippen LogP contribution is -2.35. The molecular formula is C15H14BrNO2S2.